The van der Waals surface area contributed by atoms with E-state index in [-0.39, 0.29) is 18.1 Å². The fourth-order valence-corrected chi connectivity index (χ4v) is 4.74. The normalized spacial score (nSPS) is 19.0. The predicted molar refractivity (Wildman–Crippen MR) is 126 cm³/mol. The van der Waals surface area contributed by atoms with Gasteiger partial charge in [-0.15, -0.1) is 11.3 Å². The van der Waals surface area contributed by atoms with Gasteiger partial charge in [0.25, 0.3) is 0 Å². The van der Waals surface area contributed by atoms with Crippen molar-refractivity contribution in [1.29, 1.82) is 0 Å². The third-order valence-corrected chi connectivity index (χ3v) is 6.64. The van der Waals surface area contributed by atoms with Gasteiger partial charge in [-0.25, -0.2) is 9.78 Å². The third-order valence-electron chi connectivity index (χ3n) is 5.72. The van der Waals surface area contributed by atoms with Crippen LogP contribution in [0.5, 0.6) is 0 Å². The van der Waals surface area contributed by atoms with Crippen LogP contribution < -0.4 is 5.32 Å². The van der Waals surface area contributed by atoms with Crippen molar-refractivity contribution in [3.05, 3.63) is 71.2 Å². The van der Waals surface area contributed by atoms with Crippen LogP contribution in [0.4, 0.5) is 5.82 Å². The molecule has 0 saturated carbocycles. The zero-order valence-electron chi connectivity index (χ0n) is 18.2. The fraction of sp³-hybridized carbons (Fsp3) is 0.360. The number of hydrogen-bond donors (Lipinski definition) is 1. The van der Waals surface area contributed by atoms with Gasteiger partial charge in [-0.2, -0.15) is 0 Å². The third kappa shape index (κ3) is 5.14. The second kappa shape index (κ2) is 9.62. The van der Waals surface area contributed by atoms with Crippen molar-refractivity contribution in [2.75, 3.05) is 11.9 Å². The molecule has 1 saturated heterocycles. The molecule has 3 heterocycles. The summed E-state index contributed by atoms with van der Waals surface area (Å²) < 4.78 is 5.38. The SMILES string of the molecule is CC(C)OC(=O)c1cccnc1N[C@@H]1CCN(Cc2ccc(-c3cccs3)cc2)C1C. The minimum Gasteiger partial charge on any atom is -0.459 e. The molecule has 0 aliphatic carbocycles. The number of likely N-dealkylation sites (tertiary alicyclic amines) is 1. The molecule has 0 bridgehead atoms. The highest BCUT2D eigenvalue weighted by Gasteiger charge is 2.31. The second-order valence-corrected chi connectivity index (χ2v) is 9.23. The fourth-order valence-electron chi connectivity index (χ4n) is 4.01. The maximum atomic E-state index is 12.4. The predicted octanol–water partition coefficient (Wildman–Crippen LogP) is 5.45. The van der Waals surface area contributed by atoms with Crippen LogP contribution in [0, 0.1) is 0 Å². The topological polar surface area (TPSA) is 54.5 Å². The van der Waals surface area contributed by atoms with Crippen molar-refractivity contribution in [3.63, 3.8) is 0 Å². The van der Waals surface area contributed by atoms with Crippen LogP contribution in [-0.4, -0.2) is 40.6 Å². The van der Waals surface area contributed by atoms with E-state index in [1.165, 1.54) is 16.0 Å². The number of nitrogens with zero attached hydrogens (tertiary/aromatic N) is 2. The lowest BCUT2D eigenvalue weighted by Crippen LogP contribution is -2.36. The van der Waals surface area contributed by atoms with Crippen molar-refractivity contribution in [2.45, 2.75) is 51.9 Å². The maximum Gasteiger partial charge on any atom is 0.342 e. The number of nitrogens with one attached hydrogen (secondary N) is 1. The minimum absolute atomic E-state index is 0.160. The molecular weight excluding hydrogens is 406 g/mol. The van der Waals surface area contributed by atoms with Gasteiger partial charge in [0.2, 0.25) is 0 Å². The first kappa shape index (κ1) is 21.5. The average Bonchev–Trinajstić information content (AvgIpc) is 3.40. The van der Waals surface area contributed by atoms with Gasteiger partial charge in [-0.3, -0.25) is 4.90 Å². The lowest BCUT2D eigenvalue weighted by atomic mass is 10.1. The van der Waals surface area contributed by atoms with E-state index in [2.05, 4.69) is 63.9 Å². The quantitative estimate of drug-likeness (QED) is 0.500. The largest absolute Gasteiger partial charge is 0.459 e. The molecule has 1 aliphatic heterocycles. The maximum absolute atomic E-state index is 12.4. The summed E-state index contributed by atoms with van der Waals surface area (Å²) >= 11 is 1.76. The molecule has 6 heteroatoms. The Morgan fingerprint density at radius 3 is 2.74 bits per heavy atom. The van der Waals surface area contributed by atoms with Crippen LogP contribution in [0.25, 0.3) is 10.4 Å². The number of ether oxygens (including phenoxy) is 1. The Balaban J connectivity index is 1.40. The molecule has 0 radical (unpaired) electrons. The van der Waals surface area contributed by atoms with Crippen molar-refractivity contribution in [2.24, 2.45) is 0 Å². The van der Waals surface area contributed by atoms with Gasteiger partial charge in [0, 0.05) is 36.2 Å². The van der Waals surface area contributed by atoms with Crippen LogP contribution in [-0.2, 0) is 11.3 Å². The molecule has 5 nitrogen and oxygen atoms in total. The van der Waals surface area contributed by atoms with E-state index in [1.807, 2.05) is 13.8 Å². The molecule has 2 aromatic heterocycles. The van der Waals surface area contributed by atoms with Gasteiger partial charge in [0.05, 0.1) is 6.10 Å². The number of pyridine rings is 1. The summed E-state index contributed by atoms with van der Waals surface area (Å²) in [5.41, 5.74) is 3.07. The Labute approximate surface area is 188 Å². The van der Waals surface area contributed by atoms with E-state index in [4.69, 9.17) is 4.74 Å². The Morgan fingerprint density at radius 1 is 1.23 bits per heavy atom. The van der Waals surface area contributed by atoms with Gasteiger partial charge < -0.3 is 10.1 Å². The monoisotopic (exact) mass is 435 g/mol. The molecule has 1 unspecified atom stereocenters. The van der Waals surface area contributed by atoms with Crippen LogP contribution in [0.3, 0.4) is 0 Å². The number of carbonyl (C=O) groups excluding carboxylic acids is 1. The summed E-state index contributed by atoms with van der Waals surface area (Å²) in [7, 11) is 0. The highest BCUT2D eigenvalue weighted by atomic mass is 32.1. The van der Waals surface area contributed by atoms with Crippen molar-refractivity contribution < 1.29 is 9.53 Å². The minimum atomic E-state index is -0.334. The lowest BCUT2D eigenvalue weighted by molar-refractivity contribution is 0.0378. The Morgan fingerprint density at radius 2 is 2.03 bits per heavy atom. The molecule has 1 fully saturated rings. The zero-order valence-corrected chi connectivity index (χ0v) is 19.1. The summed E-state index contributed by atoms with van der Waals surface area (Å²) in [6, 6.07) is 17.2. The van der Waals surface area contributed by atoms with Crippen molar-refractivity contribution in [1.82, 2.24) is 9.88 Å². The van der Waals surface area contributed by atoms with Crippen LogP contribution in [0.1, 0.15) is 43.1 Å². The molecular formula is C25H29N3O2S. The van der Waals surface area contributed by atoms with E-state index in [0.717, 1.165) is 19.5 Å². The summed E-state index contributed by atoms with van der Waals surface area (Å²) in [5.74, 6) is 0.270. The van der Waals surface area contributed by atoms with Gasteiger partial charge in [-0.05, 0) is 61.9 Å². The molecule has 1 N–H and O–H groups in total. The number of hydrogen-bond acceptors (Lipinski definition) is 6. The van der Waals surface area contributed by atoms with Crippen LogP contribution in [0.2, 0.25) is 0 Å². The Kier molecular flexibility index (Phi) is 6.68. The van der Waals surface area contributed by atoms with Crippen molar-refractivity contribution >= 4 is 23.1 Å². The van der Waals surface area contributed by atoms with E-state index in [9.17, 15) is 4.79 Å². The number of esters is 1. The molecule has 31 heavy (non-hydrogen) atoms. The summed E-state index contributed by atoms with van der Waals surface area (Å²) in [6.45, 7) is 7.86. The first-order valence-corrected chi connectivity index (χ1v) is 11.7. The molecule has 2 atom stereocenters. The van der Waals surface area contributed by atoms with E-state index >= 15 is 0 Å². The number of thiophene rings is 1. The zero-order chi connectivity index (χ0) is 21.8. The van der Waals surface area contributed by atoms with Gasteiger partial charge in [0.15, 0.2) is 0 Å². The smallest absolute Gasteiger partial charge is 0.342 e. The first-order chi connectivity index (χ1) is 15.0. The Bertz CT molecular complexity index is 1000. The number of rotatable bonds is 7. The lowest BCUT2D eigenvalue weighted by Gasteiger charge is -2.26. The molecule has 1 aromatic carbocycles. The highest BCUT2D eigenvalue weighted by molar-refractivity contribution is 7.13. The Hall–Kier alpha value is -2.70. The van der Waals surface area contributed by atoms with Crippen LogP contribution in [0.15, 0.2) is 60.1 Å². The molecule has 162 valence electrons. The number of anilines is 1. The van der Waals surface area contributed by atoms with Gasteiger partial charge in [-0.1, -0.05) is 30.3 Å². The number of benzene rings is 1. The molecule has 0 amide bonds. The summed E-state index contributed by atoms with van der Waals surface area (Å²) in [5, 5.41) is 5.61. The molecule has 1 aliphatic rings. The van der Waals surface area contributed by atoms with Gasteiger partial charge in [0.1, 0.15) is 11.4 Å². The average molecular weight is 436 g/mol. The summed E-state index contributed by atoms with van der Waals surface area (Å²) in [4.78, 5) is 20.6. The van der Waals surface area contributed by atoms with Crippen molar-refractivity contribution in [3.8, 4) is 10.4 Å². The standard InChI is InChI=1S/C25H29N3O2S/c1-17(2)30-25(29)21-6-4-13-26-24(21)27-22-12-14-28(18(22)3)16-19-8-10-20(11-9-19)23-7-5-15-31-23/h4-11,13,15,17-18,22H,12,14,16H2,1-3H3,(H,26,27)/t18?,22-/m1/s1. The molecule has 3 aromatic rings. The summed E-state index contributed by atoms with van der Waals surface area (Å²) in [6.07, 6.45) is 2.55. The first-order valence-electron chi connectivity index (χ1n) is 10.8. The number of aromatic nitrogens is 1. The van der Waals surface area contributed by atoms with E-state index in [0.29, 0.717) is 17.4 Å². The molecule has 0 spiro atoms. The second-order valence-electron chi connectivity index (χ2n) is 8.28. The van der Waals surface area contributed by atoms with Crippen LogP contribution >= 0.6 is 11.3 Å². The van der Waals surface area contributed by atoms with Gasteiger partial charge >= 0.3 is 5.97 Å². The number of carbonyl (C=O) groups is 1. The van der Waals surface area contributed by atoms with E-state index in [1.54, 1.807) is 29.7 Å². The van der Waals surface area contributed by atoms with E-state index < -0.39 is 0 Å². The molecule has 4 rings (SSSR count). The highest BCUT2D eigenvalue weighted by Crippen LogP contribution is 2.27.